The van der Waals surface area contributed by atoms with Crippen molar-refractivity contribution in [2.75, 3.05) is 5.75 Å². The van der Waals surface area contributed by atoms with Gasteiger partial charge in [-0.05, 0) is 26.8 Å². The summed E-state index contributed by atoms with van der Waals surface area (Å²) in [4.78, 5) is 19.0. The monoisotopic (exact) mass is 242 g/mol. The lowest BCUT2D eigenvalue weighted by molar-refractivity contribution is -0.154. The van der Waals surface area contributed by atoms with E-state index >= 15 is 0 Å². The fourth-order valence-corrected chi connectivity index (χ4v) is 1.98. The molecular weight excluding hydrogens is 228 g/mol. The third-order valence-electron chi connectivity index (χ3n) is 1.90. The molecule has 1 rings (SSSR count). The molecule has 0 aliphatic heterocycles. The summed E-state index contributed by atoms with van der Waals surface area (Å²) in [6.45, 7) is 4.94. The maximum absolute atomic E-state index is 10.7. The van der Waals surface area contributed by atoms with Gasteiger partial charge in [0.15, 0.2) is 10.8 Å². The topological polar surface area (TPSA) is 83.3 Å². The van der Waals surface area contributed by atoms with Crippen LogP contribution in [0.3, 0.4) is 0 Å². The Morgan fingerprint density at radius 1 is 1.44 bits per heavy atom. The quantitative estimate of drug-likeness (QED) is 0.606. The molecule has 0 bridgehead atoms. The predicted octanol–water partition coefficient (Wildman–Crippen LogP) is 1.02. The minimum atomic E-state index is -1.76. The number of aromatic nitrogens is 2. The first-order chi connectivity index (χ1) is 7.31. The van der Waals surface area contributed by atoms with Gasteiger partial charge >= 0.3 is 5.97 Å². The number of aryl methyl sites for hydroxylation is 2. The number of hydrogen-bond acceptors (Lipinski definition) is 5. The zero-order chi connectivity index (χ0) is 12.3. The van der Waals surface area contributed by atoms with E-state index in [1.54, 1.807) is 0 Å². The molecule has 0 amide bonds. The number of rotatable bonds is 4. The van der Waals surface area contributed by atoms with E-state index in [1.165, 1.54) is 6.92 Å². The number of hydrogen-bond donors (Lipinski definition) is 2. The van der Waals surface area contributed by atoms with Gasteiger partial charge in [-0.3, -0.25) is 0 Å². The SMILES string of the molecule is Cc1cc(C)nc(SCC(C)(O)C(=O)O)n1. The lowest BCUT2D eigenvalue weighted by atomic mass is 10.1. The molecule has 6 heteroatoms. The van der Waals surface area contributed by atoms with Gasteiger partial charge in [0.05, 0.1) is 0 Å². The highest BCUT2D eigenvalue weighted by Gasteiger charge is 2.30. The Bertz CT molecular complexity index is 387. The van der Waals surface area contributed by atoms with Gasteiger partial charge in [0, 0.05) is 17.1 Å². The van der Waals surface area contributed by atoms with Crippen LogP contribution >= 0.6 is 11.8 Å². The molecule has 1 atom stereocenters. The van der Waals surface area contributed by atoms with Crippen molar-refractivity contribution < 1.29 is 15.0 Å². The number of nitrogens with zero attached hydrogens (tertiary/aromatic N) is 2. The lowest BCUT2D eigenvalue weighted by Gasteiger charge is -2.16. The molecule has 1 aromatic rings. The number of aliphatic hydroxyl groups is 1. The molecule has 88 valence electrons. The molecule has 0 aliphatic rings. The first kappa shape index (κ1) is 12.9. The van der Waals surface area contributed by atoms with Crippen LogP contribution in [-0.4, -0.2) is 37.5 Å². The second-order valence-corrected chi connectivity index (χ2v) is 4.74. The van der Waals surface area contributed by atoms with E-state index in [2.05, 4.69) is 9.97 Å². The van der Waals surface area contributed by atoms with E-state index in [9.17, 15) is 9.90 Å². The molecule has 0 spiro atoms. The Balaban J connectivity index is 2.71. The zero-order valence-electron chi connectivity index (χ0n) is 9.39. The zero-order valence-corrected chi connectivity index (χ0v) is 10.2. The van der Waals surface area contributed by atoms with Crippen LogP contribution in [0.2, 0.25) is 0 Å². The van der Waals surface area contributed by atoms with E-state index in [0.717, 1.165) is 23.1 Å². The molecule has 0 aliphatic carbocycles. The second-order valence-electron chi connectivity index (χ2n) is 3.80. The maximum Gasteiger partial charge on any atom is 0.336 e. The second kappa shape index (κ2) is 4.80. The maximum atomic E-state index is 10.7. The predicted molar refractivity (Wildman–Crippen MR) is 60.5 cm³/mol. The van der Waals surface area contributed by atoms with Gasteiger partial charge in [-0.15, -0.1) is 0 Å². The summed E-state index contributed by atoms with van der Waals surface area (Å²) in [6.07, 6.45) is 0. The highest BCUT2D eigenvalue weighted by Crippen LogP contribution is 2.20. The van der Waals surface area contributed by atoms with Crippen molar-refractivity contribution in [3.8, 4) is 0 Å². The highest BCUT2D eigenvalue weighted by atomic mass is 32.2. The number of thioether (sulfide) groups is 1. The molecule has 16 heavy (non-hydrogen) atoms. The van der Waals surface area contributed by atoms with Crippen molar-refractivity contribution in [1.82, 2.24) is 9.97 Å². The average Bonchev–Trinajstić information content (AvgIpc) is 2.13. The van der Waals surface area contributed by atoms with E-state index in [1.807, 2.05) is 19.9 Å². The van der Waals surface area contributed by atoms with Crippen molar-refractivity contribution in [1.29, 1.82) is 0 Å². The van der Waals surface area contributed by atoms with Crippen LogP contribution in [0, 0.1) is 13.8 Å². The Kier molecular flexibility index (Phi) is 3.88. The minimum Gasteiger partial charge on any atom is -0.479 e. The summed E-state index contributed by atoms with van der Waals surface area (Å²) >= 11 is 1.13. The first-order valence-corrected chi connectivity index (χ1v) is 5.71. The van der Waals surface area contributed by atoms with Crippen LogP contribution in [0.4, 0.5) is 0 Å². The number of aliphatic carboxylic acids is 1. The molecule has 2 N–H and O–H groups in total. The Morgan fingerprint density at radius 3 is 2.38 bits per heavy atom. The van der Waals surface area contributed by atoms with Crippen LogP contribution in [0.5, 0.6) is 0 Å². The van der Waals surface area contributed by atoms with Crippen molar-refractivity contribution >= 4 is 17.7 Å². The molecule has 0 fully saturated rings. The van der Waals surface area contributed by atoms with Crippen molar-refractivity contribution in [3.05, 3.63) is 17.5 Å². The Labute approximate surface area is 97.9 Å². The molecule has 0 radical (unpaired) electrons. The lowest BCUT2D eigenvalue weighted by Crippen LogP contribution is -2.37. The molecule has 0 aromatic carbocycles. The van der Waals surface area contributed by atoms with Crippen molar-refractivity contribution in [2.24, 2.45) is 0 Å². The summed E-state index contributed by atoms with van der Waals surface area (Å²) in [7, 11) is 0. The van der Waals surface area contributed by atoms with Gasteiger partial charge in [0.25, 0.3) is 0 Å². The fourth-order valence-electron chi connectivity index (χ4n) is 1.02. The summed E-state index contributed by atoms with van der Waals surface area (Å²) in [5, 5.41) is 18.7. The fraction of sp³-hybridized carbons (Fsp3) is 0.500. The van der Waals surface area contributed by atoms with Crippen LogP contribution in [-0.2, 0) is 4.79 Å². The standard InChI is InChI=1S/C10H14N2O3S/c1-6-4-7(2)12-9(11-6)16-5-10(3,15)8(13)14/h4,15H,5H2,1-3H3,(H,13,14). The van der Waals surface area contributed by atoms with E-state index in [4.69, 9.17) is 5.11 Å². The average molecular weight is 242 g/mol. The van der Waals surface area contributed by atoms with Crippen LogP contribution in [0.1, 0.15) is 18.3 Å². The smallest absolute Gasteiger partial charge is 0.336 e. The summed E-state index contributed by atoms with van der Waals surface area (Å²) in [5.41, 5.74) is -0.110. The minimum absolute atomic E-state index is 0.0191. The van der Waals surface area contributed by atoms with Gasteiger partial charge in [-0.25, -0.2) is 14.8 Å². The van der Waals surface area contributed by atoms with Crippen molar-refractivity contribution in [2.45, 2.75) is 31.5 Å². The largest absolute Gasteiger partial charge is 0.479 e. The highest BCUT2D eigenvalue weighted by molar-refractivity contribution is 7.99. The van der Waals surface area contributed by atoms with E-state index in [-0.39, 0.29) is 5.75 Å². The third kappa shape index (κ3) is 3.46. The van der Waals surface area contributed by atoms with Gasteiger partial charge < -0.3 is 10.2 Å². The summed E-state index contributed by atoms with van der Waals surface area (Å²) in [5.74, 6) is -1.23. The number of carboxylic acid groups (broad SMARTS) is 1. The molecule has 1 aromatic heterocycles. The van der Waals surface area contributed by atoms with Crippen LogP contribution in [0.15, 0.2) is 11.2 Å². The van der Waals surface area contributed by atoms with Gasteiger partial charge in [0.2, 0.25) is 0 Å². The molecule has 1 heterocycles. The Morgan fingerprint density at radius 2 is 1.94 bits per heavy atom. The third-order valence-corrected chi connectivity index (χ3v) is 3.05. The molecular formula is C10H14N2O3S. The molecule has 0 saturated heterocycles. The molecule has 1 unspecified atom stereocenters. The van der Waals surface area contributed by atoms with Gasteiger partial charge in [0.1, 0.15) is 0 Å². The summed E-state index contributed by atoms with van der Waals surface area (Å²) < 4.78 is 0. The number of carboxylic acids is 1. The number of carbonyl (C=O) groups is 1. The summed E-state index contributed by atoms with van der Waals surface area (Å²) in [6, 6.07) is 1.83. The first-order valence-electron chi connectivity index (χ1n) is 4.72. The van der Waals surface area contributed by atoms with Gasteiger partial charge in [-0.2, -0.15) is 0 Å². The van der Waals surface area contributed by atoms with Crippen LogP contribution < -0.4 is 0 Å². The van der Waals surface area contributed by atoms with E-state index in [0.29, 0.717) is 5.16 Å². The molecule has 5 nitrogen and oxygen atoms in total. The van der Waals surface area contributed by atoms with Crippen molar-refractivity contribution in [3.63, 3.8) is 0 Å². The molecule has 0 saturated carbocycles. The van der Waals surface area contributed by atoms with E-state index < -0.39 is 11.6 Å². The normalized spacial score (nSPS) is 14.5. The Hall–Kier alpha value is -1.14. The van der Waals surface area contributed by atoms with Gasteiger partial charge in [-0.1, -0.05) is 11.8 Å². The van der Waals surface area contributed by atoms with Crippen LogP contribution in [0.25, 0.3) is 0 Å².